The van der Waals surface area contributed by atoms with E-state index in [-0.39, 0.29) is 5.97 Å². The Balaban J connectivity index is 1.75. The highest BCUT2D eigenvalue weighted by Crippen LogP contribution is 2.49. The molecule has 1 saturated heterocycles. The van der Waals surface area contributed by atoms with E-state index < -0.39 is 0 Å². The van der Waals surface area contributed by atoms with Gasteiger partial charge in [0.2, 0.25) is 0 Å². The molecule has 0 amide bonds. The molecule has 3 nitrogen and oxygen atoms in total. The van der Waals surface area contributed by atoms with Crippen LogP contribution in [-0.4, -0.2) is 30.6 Å². The van der Waals surface area contributed by atoms with Crippen molar-refractivity contribution in [3.63, 3.8) is 0 Å². The summed E-state index contributed by atoms with van der Waals surface area (Å²) in [5.74, 6) is -0.0637. The van der Waals surface area contributed by atoms with Crippen molar-refractivity contribution in [1.82, 2.24) is 4.90 Å². The summed E-state index contributed by atoms with van der Waals surface area (Å²) in [4.78, 5) is 15.3. The minimum absolute atomic E-state index is 0.0637. The Kier molecular flexibility index (Phi) is 5.22. The molecule has 0 bridgehead atoms. The van der Waals surface area contributed by atoms with E-state index in [1.54, 1.807) is 0 Å². The first-order valence-electron chi connectivity index (χ1n) is 7.47. The average Bonchev–Trinajstić information content (AvgIpc) is 2.86. The fourth-order valence-corrected chi connectivity index (χ4v) is 4.19. The fraction of sp³-hybridized carbons (Fsp3) is 0.688. The van der Waals surface area contributed by atoms with Gasteiger partial charge in [-0.1, -0.05) is 19.9 Å². The molecule has 112 valence electrons. The van der Waals surface area contributed by atoms with Crippen LogP contribution in [0.15, 0.2) is 17.5 Å². The second-order valence-corrected chi connectivity index (χ2v) is 7.12. The lowest BCUT2D eigenvalue weighted by molar-refractivity contribution is -0.143. The van der Waals surface area contributed by atoms with Gasteiger partial charge < -0.3 is 4.74 Å². The molecular weight excluding hydrogens is 270 g/mol. The minimum Gasteiger partial charge on any atom is -0.466 e. The molecule has 0 aliphatic carbocycles. The van der Waals surface area contributed by atoms with E-state index in [9.17, 15) is 4.79 Å². The van der Waals surface area contributed by atoms with Crippen molar-refractivity contribution in [2.24, 2.45) is 5.41 Å². The molecular formula is C16H25NO2S. The van der Waals surface area contributed by atoms with Crippen LogP contribution in [0.1, 0.15) is 51.0 Å². The number of unbranched alkanes of at least 4 members (excludes halogenated alkanes) is 1. The normalized spacial score (nSPS) is 21.4. The van der Waals surface area contributed by atoms with E-state index in [4.69, 9.17) is 4.74 Å². The lowest BCUT2D eigenvalue weighted by Crippen LogP contribution is -2.55. The Morgan fingerprint density at radius 2 is 2.30 bits per heavy atom. The predicted octanol–water partition coefficient (Wildman–Crippen LogP) is 3.86. The SMILES string of the molecule is CCOC(=O)CCCCN1CC(C)(C)[C@@H]1c1cccs1. The summed E-state index contributed by atoms with van der Waals surface area (Å²) in [6, 6.07) is 4.92. The number of hydrogen-bond donors (Lipinski definition) is 0. The second kappa shape index (κ2) is 6.72. The Morgan fingerprint density at radius 3 is 2.90 bits per heavy atom. The summed E-state index contributed by atoms with van der Waals surface area (Å²) >= 11 is 1.85. The molecule has 1 atom stereocenters. The van der Waals surface area contributed by atoms with Gasteiger partial charge in [-0.05, 0) is 43.2 Å². The lowest BCUT2D eigenvalue weighted by atomic mass is 9.74. The second-order valence-electron chi connectivity index (χ2n) is 6.14. The molecule has 0 spiro atoms. The van der Waals surface area contributed by atoms with Gasteiger partial charge in [-0.2, -0.15) is 0 Å². The molecule has 2 rings (SSSR count). The van der Waals surface area contributed by atoms with Crippen LogP contribution < -0.4 is 0 Å². The van der Waals surface area contributed by atoms with Crippen LogP contribution >= 0.6 is 11.3 Å². The van der Waals surface area contributed by atoms with E-state index in [0.29, 0.717) is 24.5 Å². The smallest absolute Gasteiger partial charge is 0.305 e. The number of hydrogen-bond acceptors (Lipinski definition) is 4. The maximum Gasteiger partial charge on any atom is 0.305 e. The molecule has 1 aliphatic rings. The third kappa shape index (κ3) is 3.61. The maximum atomic E-state index is 11.3. The van der Waals surface area contributed by atoms with E-state index in [1.807, 2.05) is 18.3 Å². The number of likely N-dealkylation sites (tertiary alicyclic amines) is 1. The van der Waals surface area contributed by atoms with Crippen LogP contribution in [0.5, 0.6) is 0 Å². The predicted molar refractivity (Wildman–Crippen MR) is 82.9 cm³/mol. The van der Waals surface area contributed by atoms with E-state index in [0.717, 1.165) is 25.9 Å². The van der Waals surface area contributed by atoms with Crippen molar-refractivity contribution in [1.29, 1.82) is 0 Å². The third-order valence-corrected chi connectivity index (χ3v) is 4.83. The molecule has 0 aromatic carbocycles. The summed E-state index contributed by atoms with van der Waals surface area (Å²) in [6.45, 7) is 9.24. The molecule has 1 fully saturated rings. The zero-order valence-corrected chi connectivity index (χ0v) is 13.5. The molecule has 0 saturated carbocycles. The fourth-order valence-electron chi connectivity index (χ4n) is 3.12. The molecule has 1 aromatic heterocycles. The molecule has 0 unspecified atom stereocenters. The minimum atomic E-state index is -0.0637. The summed E-state index contributed by atoms with van der Waals surface area (Å²) in [6.07, 6.45) is 2.54. The number of rotatable bonds is 7. The van der Waals surface area contributed by atoms with Gasteiger partial charge in [0.15, 0.2) is 0 Å². The highest BCUT2D eigenvalue weighted by molar-refractivity contribution is 7.10. The van der Waals surface area contributed by atoms with Crippen molar-refractivity contribution in [2.45, 2.75) is 46.1 Å². The van der Waals surface area contributed by atoms with E-state index in [1.165, 1.54) is 4.88 Å². The van der Waals surface area contributed by atoms with Crippen LogP contribution in [0.2, 0.25) is 0 Å². The van der Waals surface area contributed by atoms with Gasteiger partial charge >= 0.3 is 5.97 Å². The molecule has 20 heavy (non-hydrogen) atoms. The van der Waals surface area contributed by atoms with Gasteiger partial charge in [-0.25, -0.2) is 0 Å². The lowest BCUT2D eigenvalue weighted by Gasteiger charge is -2.54. The molecule has 1 aromatic rings. The first kappa shape index (κ1) is 15.5. The molecule has 0 radical (unpaired) electrons. The average molecular weight is 295 g/mol. The van der Waals surface area contributed by atoms with Crippen molar-refractivity contribution in [2.75, 3.05) is 19.7 Å². The van der Waals surface area contributed by atoms with E-state index >= 15 is 0 Å². The van der Waals surface area contributed by atoms with Crippen molar-refractivity contribution >= 4 is 17.3 Å². The van der Waals surface area contributed by atoms with Gasteiger partial charge in [0.25, 0.3) is 0 Å². The van der Waals surface area contributed by atoms with Crippen LogP contribution in [0.4, 0.5) is 0 Å². The van der Waals surface area contributed by atoms with Crippen molar-refractivity contribution < 1.29 is 9.53 Å². The first-order valence-corrected chi connectivity index (χ1v) is 8.35. The highest BCUT2D eigenvalue weighted by Gasteiger charge is 2.46. The van der Waals surface area contributed by atoms with Crippen LogP contribution in [0.25, 0.3) is 0 Å². The Morgan fingerprint density at radius 1 is 1.50 bits per heavy atom. The Hall–Kier alpha value is -0.870. The van der Waals surface area contributed by atoms with Gasteiger partial charge in [0, 0.05) is 17.8 Å². The zero-order chi connectivity index (χ0) is 14.6. The highest BCUT2D eigenvalue weighted by atomic mass is 32.1. The monoisotopic (exact) mass is 295 g/mol. The van der Waals surface area contributed by atoms with Crippen molar-refractivity contribution in [3.05, 3.63) is 22.4 Å². The number of carbonyl (C=O) groups excluding carboxylic acids is 1. The molecule has 1 aliphatic heterocycles. The Bertz CT molecular complexity index is 428. The third-order valence-electron chi connectivity index (χ3n) is 3.91. The Labute approximate surface area is 125 Å². The van der Waals surface area contributed by atoms with Gasteiger partial charge in [-0.3, -0.25) is 9.69 Å². The number of esters is 1. The number of thiophene rings is 1. The van der Waals surface area contributed by atoms with Crippen LogP contribution in [0, 0.1) is 5.41 Å². The topological polar surface area (TPSA) is 29.5 Å². The van der Waals surface area contributed by atoms with Gasteiger partial charge in [0.05, 0.1) is 12.6 Å². The van der Waals surface area contributed by atoms with Crippen LogP contribution in [-0.2, 0) is 9.53 Å². The summed E-state index contributed by atoms with van der Waals surface area (Å²) < 4.78 is 4.95. The molecule has 0 N–H and O–H groups in total. The summed E-state index contributed by atoms with van der Waals surface area (Å²) in [5, 5.41) is 2.16. The van der Waals surface area contributed by atoms with Gasteiger partial charge in [-0.15, -0.1) is 11.3 Å². The van der Waals surface area contributed by atoms with Crippen LogP contribution in [0.3, 0.4) is 0 Å². The van der Waals surface area contributed by atoms with E-state index in [2.05, 4.69) is 36.3 Å². The van der Waals surface area contributed by atoms with Gasteiger partial charge in [0.1, 0.15) is 0 Å². The largest absolute Gasteiger partial charge is 0.466 e. The summed E-state index contributed by atoms with van der Waals surface area (Å²) in [7, 11) is 0. The quantitative estimate of drug-likeness (QED) is 0.565. The zero-order valence-electron chi connectivity index (χ0n) is 12.7. The molecule has 2 heterocycles. The maximum absolute atomic E-state index is 11.3. The number of nitrogens with zero attached hydrogens (tertiary/aromatic N) is 1. The van der Waals surface area contributed by atoms with Crippen molar-refractivity contribution in [3.8, 4) is 0 Å². The first-order chi connectivity index (χ1) is 9.54. The number of ether oxygens (including phenoxy) is 1. The number of carbonyl (C=O) groups is 1. The molecule has 4 heteroatoms. The standard InChI is InChI=1S/C16H25NO2S/c1-4-19-14(18)9-5-6-10-17-12-16(2,3)15(17)13-8-7-11-20-13/h7-8,11,15H,4-6,9-10,12H2,1-3H3/t15-/m0/s1. The summed E-state index contributed by atoms with van der Waals surface area (Å²) in [5.41, 5.74) is 0.367.